The fraction of sp³-hybridized carbons (Fsp3) is 0.167. The van der Waals surface area contributed by atoms with Crippen molar-refractivity contribution in [1.29, 1.82) is 0 Å². The third-order valence-corrected chi connectivity index (χ3v) is 4.02. The van der Waals surface area contributed by atoms with E-state index in [0.29, 0.717) is 17.8 Å². The molecule has 28 heavy (non-hydrogen) atoms. The molecule has 0 spiro atoms. The van der Waals surface area contributed by atoms with Gasteiger partial charge in [0.05, 0.1) is 17.4 Å². The van der Waals surface area contributed by atoms with Crippen LogP contribution in [0.25, 0.3) is 11.0 Å². The summed E-state index contributed by atoms with van der Waals surface area (Å²) >= 11 is 0. The molecule has 0 aromatic carbocycles. The van der Waals surface area contributed by atoms with Gasteiger partial charge in [-0.25, -0.2) is 19.3 Å². The van der Waals surface area contributed by atoms with Crippen LogP contribution in [0.5, 0.6) is 0 Å². The normalized spacial score (nSPS) is 11.8. The van der Waals surface area contributed by atoms with E-state index in [0.717, 1.165) is 11.5 Å². The Morgan fingerprint density at radius 2 is 2.00 bits per heavy atom. The number of hydrogen-bond donors (Lipinski definition) is 4. The molecule has 3 rings (SSSR count). The number of anilines is 3. The first-order chi connectivity index (χ1) is 13.4. The van der Waals surface area contributed by atoms with Crippen molar-refractivity contribution < 1.29 is 14.0 Å². The highest BCUT2D eigenvalue weighted by molar-refractivity contribution is 5.99. The quantitative estimate of drug-likeness (QED) is 0.485. The zero-order chi connectivity index (χ0) is 20.3. The molecule has 0 aliphatic carbocycles. The summed E-state index contributed by atoms with van der Waals surface area (Å²) in [6.07, 6.45) is 3.45. The van der Waals surface area contributed by atoms with Gasteiger partial charge < -0.3 is 22.1 Å². The SMILES string of the molecule is CCC(Nc1nc(Nc2cnc3ncccc3c2)c(C(N)=O)cc1F)C(N)=O. The van der Waals surface area contributed by atoms with Crippen LogP contribution in [-0.2, 0) is 4.79 Å². The van der Waals surface area contributed by atoms with Crippen molar-refractivity contribution in [2.75, 3.05) is 10.6 Å². The Hall–Kier alpha value is -3.82. The van der Waals surface area contributed by atoms with Crippen LogP contribution in [0.15, 0.2) is 36.7 Å². The van der Waals surface area contributed by atoms with Crippen LogP contribution >= 0.6 is 0 Å². The number of halogens is 1. The summed E-state index contributed by atoms with van der Waals surface area (Å²) in [7, 11) is 0. The maximum atomic E-state index is 14.4. The maximum Gasteiger partial charge on any atom is 0.252 e. The number of aromatic nitrogens is 3. The van der Waals surface area contributed by atoms with E-state index in [9.17, 15) is 14.0 Å². The summed E-state index contributed by atoms with van der Waals surface area (Å²) in [5.41, 5.74) is 11.5. The number of carbonyl (C=O) groups is 2. The van der Waals surface area contributed by atoms with Crippen LogP contribution in [0.4, 0.5) is 21.7 Å². The zero-order valence-corrected chi connectivity index (χ0v) is 14.9. The van der Waals surface area contributed by atoms with E-state index < -0.39 is 23.7 Å². The van der Waals surface area contributed by atoms with Gasteiger partial charge in [-0.15, -0.1) is 0 Å². The maximum absolute atomic E-state index is 14.4. The van der Waals surface area contributed by atoms with Crippen molar-refractivity contribution >= 4 is 40.2 Å². The predicted octanol–water partition coefficient (Wildman–Crippen LogP) is 1.68. The predicted molar refractivity (Wildman–Crippen MR) is 102 cm³/mol. The second kappa shape index (κ2) is 7.82. The number of nitrogens with two attached hydrogens (primary N) is 2. The molecule has 3 heterocycles. The average molecular weight is 383 g/mol. The van der Waals surface area contributed by atoms with Gasteiger partial charge in [-0.2, -0.15) is 0 Å². The van der Waals surface area contributed by atoms with Gasteiger partial charge in [-0.3, -0.25) is 9.59 Å². The Labute approximate surface area is 159 Å². The molecule has 2 amide bonds. The molecule has 3 aromatic heterocycles. The number of nitrogens with one attached hydrogen (secondary N) is 2. The van der Waals surface area contributed by atoms with Crippen LogP contribution in [0, 0.1) is 5.82 Å². The number of fused-ring (bicyclic) bond motifs is 1. The van der Waals surface area contributed by atoms with E-state index in [-0.39, 0.29) is 17.2 Å². The Morgan fingerprint density at radius 1 is 1.21 bits per heavy atom. The molecule has 6 N–H and O–H groups in total. The molecule has 0 saturated carbocycles. The second-order valence-electron chi connectivity index (χ2n) is 5.99. The molecule has 9 nitrogen and oxygen atoms in total. The highest BCUT2D eigenvalue weighted by atomic mass is 19.1. The van der Waals surface area contributed by atoms with Gasteiger partial charge in [0, 0.05) is 11.6 Å². The zero-order valence-electron chi connectivity index (χ0n) is 14.9. The summed E-state index contributed by atoms with van der Waals surface area (Å²) in [4.78, 5) is 35.6. The van der Waals surface area contributed by atoms with Gasteiger partial charge in [0.2, 0.25) is 5.91 Å². The topological polar surface area (TPSA) is 149 Å². The van der Waals surface area contributed by atoms with Crippen LogP contribution in [0.1, 0.15) is 23.7 Å². The van der Waals surface area contributed by atoms with Crippen LogP contribution in [-0.4, -0.2) is 32.8 Å². The monoisotopic (exact) mass is 383 g/mol. The first-order valence-electron chi connectivity index (χ1n) is 8.43. The highest BCUT2D eigenvalue weighted by Gasteiger charge is 2.20. The lowest BCUT2D eigenvalue weighted by molar-refractivity contribution is -0.118. The van der Waals surface area contributed by atoms with Crippen molar-refractivity contribution in [3.05, 3.63) is 48.0 Å². The van der Waals surface area contributed by atoms with Crippen molar-refractivity contribution in [3.8, 4) is 0 Å². The van der Waals surface area contributed by atoms with E-state index in [2.05, 4.69) is 25.6 Å². The number of hydrogen-bond acceptors (Lipinski definition) is 7. The lowest BCUT2D eigenvalue weighted by Crippen LogP contribution is -2.35. The second-order valence-corrected chi connectivity index (χ2v) is 5.99. The number of primary amides is 2. The molecule has 3 aromatic rings. The molecule has 0 fully saturated rings. The molecule has 0 radical (unpaired) electrons. The van der Waals surface area contributed by atoms with Gasteiger partial charge in [-0.05, 0) is 30.7 Å². The van der Waals surface area contributed by atoms with Crippen LogP contribution in [0.2, 0.25) is 0 Å². The Morgan fingerprint density at radius 3 is 2.68 bits per heavy atom. The lowest BCUT2D eigenvalue weighted by Gasteiger charge is -2.17. The number of rotatable bonds is 7. The van der Waals surface area contributed by atoms with E-state index in [1.807, 2.05) is 6.07 Å². The summed E-state index contributed by atoms with van der Waals surface area (Å²) in [6.45, 7) is 1.71. The van der Waals surface area contributed by atoms with Gasteiger partial charge in [0.1, 0.15) is 11.9 Å². The van der Waals surface area contributed by atoms with Crippen molar-refractivity contribution in [1.82, 2.24) is 15.0 Å². The first-order valence-corrected chi connectivity index (χ1v) is 8.43. The minimum atomic E-state index is -0.863. The lowest BCUT2D eigenvalue weighted by atomic mass is 10.2. The van der Waals surface area contributed by atoms with Crippen LogP contribution < -0.4 is 22.1 Å². The van der Waals surface area contributed by atoms with E-state index in [4.69, 9.17) is 11.5 Å². The number of amides is 2. The third-order valence-electron chi connectivity index (χ3n) is 4.02. The Balaban J connectivity index is 2.00. The number of carbonyl (C=O) groups excluding carboxylic acids is 2. The molecule has 10 heteroatoms. The molecule has 0 saturated heterocycles. The molecular formula is C18H18FN7O2. The minimum Gasteiger partial charge on any atom is -0.368 e. The molecular weight excluding hydrogens is 365 g/mol. The van der Waals surface area contributed by atoms with Crippen molar-refractivity contribution in [2.45, 2.75) is 19.4 Å². The summed E-state index contributed by atoms with van der Waals surface area (Å²) in [6, 6.07) is 5.46. The van der Waals surface area contributed by atoms with Crippen LogP contribution in [0.3, 0.4) is 0 Å². The standard InChI is InChI=1S/C18H18FN7O2/c1-2-13(15(21)28)25-18-12(19)7-11(14(20)27)17(26-18)24-10-6-9-4-3-5-22-16(9)23-8-10/h3-8,13H,2H2,1H3,(H2,20,27)(H2,21,28)(H2,24,25,26). The summed E-state index contributed by atoms with van der Waals surface area (Å²) in [5, 5.41) is 6.31. The average Bonchev–Trinajstić information content (AvgIpc) is 2.67. The number of nitrogens with zero attached hydrogens (tertiary/aromatic N) is 3. The van der Waals surface area contributed by atoms with Gasteiger partial charge in [0.25, 0.3) is 5.91 Å². The van der Waals surface area contributed by atoms with Gasteiger partial charge >= 0.3 is 0 Å². The Kier molecular flexibility index (Phi) is 5.30. The smallest absolute Gasteiger partial charge is 0.252 e. The Bertz CT molecular complexity index is 1060. The summed E-state index contributed by atoms with van der Waals surface area (Å²) in [5.74, 6) is -2.56. The minimum absolute atomic E-state index is 0.0146. The molecule has 144 valence electrons. The molecule has 0 aliphatic rings. The van der Waals surface area contributed by atoms with Gasteiger partial charge in [0.15, 0.2) is 17.3 Å². The fourth-order valence-corrected chi connectivity index (χ4v) is 2.58. The largest absolute Gasteiger partial charge is 0.368 e. The number of pyridine rings is 3. The van der Waals surface area contributed by atoms with E-state index >= 15 is 0 Å². The van der Waals surface area contributed by atoms with Crippen molar-refractivity contribution in [2.24, 2.45) is 11.5 Å². The molecule has 0 aliphatic heterocycles. The summed E-state index contributed by atoms with van der Waals surface area (Å²) < 4.78 is 14.4. The molecule has 1 atom stereocenters. The molecule has 0 bridgehead atoms. The van der Waals surface area contributed by atoms with E-state index in [1.54, 1.807) is 25.3 Å². The van der Waals surface area contributed by atoms with E-state index in [1.165, 1.54) is 6.20 Å². The highest BCUT2D eigenvalue weighted by Crippen LogP contribution is 2.25. The van der Waals surface area contributed by atoms with Gasteiger partial charge in [-0.1, -0.05) is 6.92 Å². The third kappa shape index (κ3) is 3.95. The molecule has 1 unspecified atom stereocenters. The fourth-order valence-electron chi connectivity index (χ4n) is 2.58. The van der Waals surface area contributed by atoms with Crippen molar-refractivity contribution in [3.63, 3.8) is 0 Å². The first kappa shape index (κ1) is 19.0.